The molecule has 0 unspecified atom stereocenters. The first-order valence-electron chi connectivity index (χ1n) is 9.41. The molecule has 30 heavy (non-hydrogen) atoms. The fourth-order valence-corrected chi connectivity index (χ4v) is 2.89. The van der Waals surface area contributed by atoms with Gasteiger partial charge in [-0.1, -0.05) is 42.0 Å². The van der Waals surface area contributed by atoms with Gasteiger partial charge in [-0.3, -0.25) is 5.43 Å². The third-order valence-electron chi connectivity index (χ3n) is 4.50. The topological polar surface area (TPSA) is 90.1 Å². The summed E-state index contributed by atoms with van der Waals surface area (Å²) in [7, 11) is 0. The van der Waals surface area contributed by atoms with Crippen LogP contribution in [0.2, 0.25) is 0 Å². The van der Waals surface area contributed by atoms with Gasteiger partial charge in [0.2, 0.25) is 0 Å². The summed E-state index contributed by atoms with van der Waals surface area (Å²) >= 11 is 0. The Kier molecular flexibility index (Phi) is 5.39. The lowest BCUT2D eigenvalue weighted by Gasteiger charge is -2.07. The highest BCUT2D eigenvalue weighted by atomic mass is 16.3. The number of phenolic OH excluding ortho intramolecular Hbond substituents is 2. The van der Waals surface area contributed by atoms with Gasteiger partial charge in [0.05, 0.1) is 17.4 Å². The molecule has 6 nitrogen and oxygen atoms in total. The van der Waals surface area contributed by atoms with Crippen molar-refractivity contribution in [2.45, 2.75) is 6.92 Å². The standard InChI is InChI=1S/C24H20N4O2/c1-16-6-10-19(11-7-16)26-24(22-13-9-17-4-2-3-5-21(17)27-22)28-25-15-18-8-12-20(29)14-23(18)30/h2-15,29-30H,1H3,(H,26,28). The summed E-state index contributed by atoms with van der Waals surface area (Å²) < 4.78 is 0. The number of nitrogens with one attached hydrogen (secondary N) is 1. The second kappa shape index (κ2) is 8.45. The average Bonchev–Trinajstić information content (AvgIpc) is 2.75. The molecule has 0 saturated heterocycles. The number of aromatic nitrogens is 1. The van der Waals surface area contributed by atoms with E-state index in [1.807, 2.05) is 67.6 Å². The van der Waals surface area contributed by atoms with Gasteiger partial charge >= 0.3 is 0 Å². The number of pyridine rings is 1. The largest absolute Gasteiger partial charge is 0.508 e. The molecule has 1 heterocycles. The van der Waals surface area contributed by atoms with Gasteiger partial charge in [-0.15, -0.1) is 0 Å². The van der Waals surface area contributed by atoms with Crippen molar-refractivity contribution >= 4 is 28.6 Å². The van der Waals surface area contributed by atoms with Crippen LogP contribution in [0.1, 0.15) is 16.8 Å². The summed E-state index contributed by atoms with van der Waals surface area (Å²) in [5.41, 5.74) is 6.80. The van der Waals surface area contributed by atoms with Crippen LogP contribution in [-0.2, 0) is 0 Å². The lowest BCUT2D eigenvalue weighted by Crippen LogP contribution is -2.20. The van der Waals surface area contributed by atoms with Crippen LogP contribution < -0.4 is 5.43 Å². The first-order valence-corrected chi connectivity index (χ1v) is 9.41. The Bertz CT molecular complexity index is 1250. The fourth-order valence-electron chi connectivity index (χ4n) is 2.89. The van der Waals surface area contributed by atoms with E-state index in [4.69, 9.17) is 4.98 Å². The number of fused-ring (bicyclic) bond motifs is 1. The summed E-state index contributed by atoms with van der Waals surface area (Å²) in [4.78, 5) is 9.37. The van der Waals surface area contributed by atoms with Gasteiger partial charge in [-0.2, -0.15) is 5.10 Å². The molecule has 0 spiro atoms. The number of aryl methyl sites for hydroxylation is 1. The first kappa shape index (κ1) is 19.1. The molecule has 4 rings (SSSR count). The van der Waals surface area contributed by atoms with E-state index in [1.54, 1.807) is 6.07 Å². The highest BCUT2D eigenvalue weighted by molar-refractivity contribution is 6.00. The zero-order valence-corrected chi connectivity index (χ0v) is 16.3. The van der Waals surface area contributed by atoms with Crippen LogP contribution in [0.15, 0.2) is 89.0 Å². The van der Waals surface area contributed by atoms with Crippen LogP contribution in [0.3, 0.4) is 0 Å². The average molecular weight is 396 g/mol. The fraction of sp³-hybridized carbons (Fsp3) is 0.0417. The maximum Gasteiger partial charge on any atom is 0.173 e. The van der Waals surface area contributed by atoms with E-state index in [-0.39, 0.29) is 11.5 Å². The van der Waals surface area contributed by atoms with Crippen LogP contribution >= 0.6 is 0 Å². The molecule has 1 aromatic heterocycles. The quantitative estimate of drug-likeness (QED) is 0.266. The van der Waals surface area contributed by atoms with Crippen molar-refractivity contribution in [3.63, 3.8) is 0 Å². The number of amidine groups is 1. The Hall–Kier alpha value is -4.19. The number of hydrogen-bond donors (Lipinski definition) is 3. The second-order valence-corrected chi connectivity index (χ2v) is 6.80. The Labute approximate surface area is 173 Å². The lowest BCUT2D eigenvalue weighted by atomic mass is 10.2. The van der Waals surface area contributed by atoms with Gasteiger partial charge in [-0.05, 0) is 43.3 Å². The van der Waals surface area contributed by atoms with Crippen LogP contribution in [-0.4, -0.2) is 27.2 Å². The zero-order valence-electron chi connectivity index (χ0n) is 16.3. The molecular weight excluding hydrogens is 376 g/mol. The van der Waals surface area contributed by atoms with E-state index in [0.29, 0.717) is 17.1 Å². The van der Waals surface area contributed by atoms with Gasteiger partial charge in [0.1, 0.15) is 17.2 Å². The van der Waals surface area contributed by atoms with E-state index in [9.17, 15) is 10.2 Å². The third kappa shape index (κ3) is 4.44. The number of benzene rings is 3. The number of hydrogen-bond acceptors (Lipinski definition) is 5. The molecule has 0 aliphatic rings. The van der Waals surface area contributed by atoms with Gasteiger partial charge in [-0.25, -0.2) is 9.98 Å². The zero-order chi connectivity index (χ0) is 20.9. The molecule has 6 heteroatoms. The van der Waals surface area contributed by atoms with Crippen molar-refractivity contribution in [1.82, 2.24) is 10.4 Å². The summed E-state index contributed by atoms with van der Waals surface area (Å²) in [5.74, 6) is 0.389. The predicted octanol–water partition coefficient (Wildman–Crippen LogP) is 4.66. The molecule has 3 N–H and O–H groups in total. The Morgan fingerprint density at radius 2 is 1.73 bits per heavy atom. The summed E-state index contributed by atoms with van der Waals surface area (Å²) in [5, 5.41) is 24.6. The normalized spacial score (nSPS) is 11.8. The van der Waals surface area contributed by atoms with Crippen LogP contribution in [0.4, 0.5) is 5.69 Å². The smallest absolute Gasteiger partial charge is 0.173 e. The molecule has 3 aromatic carbocycles. The number of hydrazone groups is 1. The highest BCUT2D eigenvalue weighted by Gasteiger charge is 2.07. The number of phenols is 2. The Morgan fingerprint density at radius 3 is 2.53 bits per heavy atom. The summed E-state index contributed by atoms with van der Waals surface area (Å²) in [6.07, 6.45) is 1.46. The van der Waals surface area contributed by atoms with E-state index in [1.165, 1.54) is 18.3 Å². The Morgan fingerprint density at radius 1 is 0.933 bits per heavy atom. The maximum atomic E-state index is 9.93. The maximum absolute atomic E-state index is 9.93. The van der Waals surface area contributed by atoms with Crippen LogP contribution in [0, 0.1) is 6.92 Å². The SMILES string of the molecule is Cc1ccc(N=C(NN=Cc2ccc(O)cc2O)c2ccc3ccccc3n2)cc1. The van der Waals surface area contributed by atoms with Crippen molar-refractivity contribution in [3.8, 4) is 11.5 Å². The van der Waals surface area contributed by atoms with Crippen molar-refractivity contribution in [3.05, 3.63) is 95.7 Å². The molecule has 0 fully saturated rings. The molecule has 0 saturated carbocycles. The van der Waals surface area contributed by atoms with Crippen molar-refractivity contribution in [2.75, 3.05) is 0 Å². The number of aromatic hydroxyl groups is 2. The van der Waals surface area contributed by atoms with Gasteiger partial charge in [0.15, 0.2) is 5.84 Å². The van der Waals surface area contributed by atoms with Gasteiger partial charge in [0, 0.05) is 17.0 Å². The minimum atomic E-state index is -0.0681. The molecule has 0 radical (unpaired) electrons. The highest BCUT2D eigenvalue weighted by Crippen LogP contribution is 2.21. The van der Waals surface area contributed by atoms with Crippen LogP contribution in [0.25, 0.3) is 10.9 Å². The molecule has 0 amide bonds. The number of para-hydroxylation sites is 1. The van der Waals surface area contributed by atoms with Gasteiger partial charge < -0.3 is 10.2 Å². The number of nitrogens with zero attached hydrogens (tertiary/aromatic N) is 3. The van der Waals surface area contributed by atoms with E-state index < -0.39 is 0 Å². The van der Waals surface area contributed by atoms with E-state index in [0.717, 1.165) is 22.2 Å². The molecule has 0 aliphatic heterocycles. The third-order valence-corrected chi connectivity index (χ3v) is 4.50. The molecule has 0 aliphatic carbocycles. The predicted molar refractivity (Wildman–Crippen MR) is 120 cm³/mol. The lowest BCUT2D eigenvalue weighted by molar-refractivity contribution is 0.450. The first-order chi connectivity index (χ1) is 14.6. The molecule has 0 bridgehead atoms. The van der Waals surface area contributed by atoms with E-state index in [2.05, 4.69) is 15.5 Å². The molecule has 4 aromatic rings. The molecular formula is C24H20N4O2. The van der Waals surface area contributed by atoms with E-state index >= 15 is 0 Å². The number of rotatable bonds is 4. The number of aliphatic imine (C=N–C) groups is 1. The van der Waals surface area contributed by atoms with Crippen molar-refractivity contribution in [2.24, 2.45) is 10.1 Å². The summed E-state index contributed by atoms with van der Waals surface area (Å²) in [6.45, 7) is 2.02. The minimum Gasteiger partial charge on any atom is -0.508 e. The van der Waals surface area contributed by atoms with Crippen LogP contribution in [0.5, 0.6) is 11.5 Å². The second-order valence-electron chi connectivity index (χ2n) is 6.80. The monoisotopic (exact) mass is 396 g/mol. The minimum absolute atomic E-state index is 0.0143. The molecule has 0 atom stereocenters. The summed E-state index contributed by atoms with van der Waals surface area (Å²) in [6, 6.07) is 23.9. The molecule has 148 valence electrons. The van der Waals surface area contributed by atoms with Crippen molar-refractivity contribution < 1.29 is 10.2 Å². The Balaban J connectivity index is 1.69. The van der Waals surface area contributed by atoms with Crippen molar-refractivity contribution in [1.29, 1.82) is 0 Å². The van der Waals surface area contributed by atoms with Gasteiger partial charge in [0.25, 0.3) is 0 Å².